The Labute approximate surface area is 129 Å². The molecule has 0 aliphatic rings. The van der Waals surface area contributed by atoms with E-state index in [1.807, 2.05) is 18.3 Å². The topological polar surface area (TPSA) is 24.9 Å². The molecule has 0 radical (unpaired) electrons. The highest BCUT2D eigenvalue weighted by atomic mass is 35.5. The molecular formula is C18H17ClN2. The van der Waals surface area contributed by atoms with Gasteiger partial charge in [0.25, 0.3) is 0 Å². The summed E-state index contributed by atoms with van der Waals surface area (Å²) in [6.07, 6.45) is 1.81. The summed E-state index contributed by atoms with van der Waals surface area (Å²) in [6, 6.07) is 16.5. The van der Waals surface area contributed by atoms with E-state index in [0.29, 0.717) is 0 Å². The zero-order chi connectivity index (χ0) is 14.7. The van der Waals surface area contributed by atoms with E-state index in [1.54, 1.807) is 0 Å². The van der Waals surface area contributed by atoms with Gasteiger partial charge in [-0.05, 0) is 35.9 Å². The molecule has 0 aliphatic heterocycles. The molecule has 3 heteroatoms. The average Bonchev–Trinajstić information content (AvgIpc) is 2.52. The highest BCUT2D eigenvalue weighted by Gasteiger charge is 2.06. The van der Waals surface area contributed by atoms with Crippen molar-refractivity contribution in [3.8, 4) is 11.1 Å². The number of nitrogens with one attached hydrogen (secondary N) is 1. The minimum absolute atomic E-state index is 0.778. The molecule has 2 nitrogen and oxygen atoms in total. The quantitative estimate of drug-likeness (QED) is 0.757. The summed E-state index contributed by atoms with van der Waals surface area (Å²) in [6.45, 7) is 3.89. The van der Waals surface area contributed by atoms with E-state index < -0.39 is 0 Å². The van der Waals surface area contributed by atoms with Crippen LogP contribution < -0.4 is 5.32 Å². The SMILES string of the molecule is CCNCc1ccc(-c2ccc3cccnc3c2)c(Cl)c1. The van der Waals surface area contributed by atoms with Crippen LogP contribution in [0.15, 0.2) is 54.7 Å². The Hall–Kier alpha value is -1.90. The molecule has 0 atom stereocenters. The molecule has 0 aliphatic carbocycles. The highest BCUT2D eigenvalue weighted by Crippen LogP contribution is 2.30. The minimum Gasteiger partial charge on any atom is -0.313 e. The van der Waals surface area contributed by atoms with Crippen LogP contribution in [0.5, 0.6) is 0 Å². The van der Waals surface area contributed by atoms with Crippen LogP contribution in [-0.2, 0) is 6.54 Å². The Morgan fingerprint density at radius 2 is 2.00 bits per heavy atom. The Balaban J connectivity index is 1.98. The normalized spacial score (nSPS) is 11.0. The molecule has 0 unspecified atom stereocenters. The number of nitrogens with zero attached hydrogens (tertiary/aromatic N) is 1. The zero-order valence-electron chi connectivity index (χ0n) is 11.9. The third-order valence-electron chi connectivity index (χ3n) is 3.53. The Morgan fingerprint density at radius 1 is 1.10 bits per heavy atom. The van der Waals surface area contributed by atoms with Gasteiger partial charge in [0, 0.05) is 28.7 Å². The lowest BCUT2D eigenvalue weighted by Gasteiger charge is -2.09. The van der Waals surface area contributed by atoms with E-state index in [1.165, 1.54) is 5.56 Å². The minimum atomic E-state index is 0.778. The highest BCUT2D eigenvalue weighted by molar-refractivity contribution is 6.33. The lowest BCUT2D eigenvalue weighted by molar-refractivity contribution is 0.727. The maximum atomic E-state index is 6.45. The fourth-order valence-corrected chi connectivity index (χ4v) is 2.72. The Morgan fingerprint density at radius 3 is 2.81 bits per heavy atom. The number of hydrogen-bond acceptors (Lipinski definition) is 2. The van der Waals surface area contributed by atoms with Gasteiger partial charge in [-0.1, -0.05) is 48.9 Å². The monoisotopic (exact) mass is 296 g/mol. The van der Waals surface area contributed by atoms with E-state index in [4.69, 9.17) is 11.6 Å². The predicted molar refractivity (Wildman–Crippen MR) is 89.6 cm³/mol. The van der Waals surface area contributed by atoms with Gasteiger partial charge in [-0.25, -0.2) is 0 Å². The number of halogens is 1. The number of hydrogen-bond donors (Lipinski definition) is 1. The first-order chi connectivity index (χ1) is 10.3. The Bertz CT molecular complexity index is 768. The first-order valence-corrected chi connectivity index (χ1v) is 7.50. The number of pyridine rings is 1. The summed E-state index contributed by atoms with van der Waals surface area (Å²) in [5.41, 5.74) is 4.33. The van der Waals surface area contributed by atoms with E-state index in [-0.39, 0.29) is 0 Å². The summed E-state index contributed by atoms with van der Waals surface area (Å²) in [4.78, 5) is 4.40. The summed E-state index contributed by atoms with van der Waals surface area (Å²) < 4.78 is 0. The van der Waals surface area contributed by atoms with Crippen molar-refractivity contribution in [3.05, 3.63) is 65.3 Å². The second-order valence-electron chi connectivity index (χ2n) is 5.01. The molecule has 0 saturated heterocycles. The van der Waals surface area contributed by atoms with Crippen molar-refractivity contribution >= 4 is 22.5 Å². The predicted octanol–water partition coefficient (Wildman–Crippen LogP) is 4.66. The molecule has 0 amide bonds. The van der Waals surface area contributed by atoms with Crippen molar-refractivity contribution in [3.63, 3.8) is 0 Å². The van der Waals surface area contributed by atoms with Gasteiger partial charge >= 0.3 is 0 Å². The first kappa shape index (κ1) is 14.1. The second-order valence-corrected chi connectivity index (χ2v) is 5.41. The van der Waals surface area contributed by atoms with Crippen molar-refractivity contribution in [1.29, 1.82) is 0 Å². The number of benzene rings is 2. The van der Waals surface area contributed by atoms with Crippen molar-refractivity contribution in [2.45, 2.75) is 13.5 Å². The molecule has 2 aromatic carbocycles. The number of aromatic nitrogens is 1. The van der Waals surface area contributed by atoms with Crippen LogP contribution in [0.1, 0.15) is 12.5 Å². The molecule has 3 rings (SSSR count). The fourth-order valence-electron chi connectivity index (χ4n) is 2.41. The molecule has 0 fully saturated rings. The fraction of sp³-hybridized carbons (Fsp3) is 0.167. The van der Waals surface area contributed by atoms with E-state index in [0.717, 1.165) is 40.1 Å². The van der Waals surface area contributed by atoms with E-state index in [9.17, 15) is 0 Å². The number of rotatable bonds is 4. The molecule has 21 heavy (non-hydrogen) atoms. The van der Waals surface area contributed by atoms with E-state index in [2.05, 4.69) is 53.6 Å². The van der Waals surface area contributed by atoms with Crippen molar-refractivity contribution in [1.82, 2.24) is 10.3 Å². The Kier molecular flexibility index (Phi) is 4.18. The summed E-state index contributed by atoms with van der Waals surface area (Å²) >= 11 is 6.45. The van der Waals surface area contributed by atoms with Gasteiger partial charge < -0.3 is 5.32 Å². The van der Waals surface area contributed by atoms with Crippen molar-refractivity contribution in [2.75, 3.05) is 6.54 Å². The molecule has 0 saturated carbocycles. The molecule has 0 bridgehead atoms. The van der Waals surface area contributed by atoms with Gasteiger partial charge in [-0.3, -0.25) is 4.98 Å². The van der Waals surface area contributed by atoms with Crippen molar-refractivity contribution < 1.29 is 0 Å². The molecule has 0 spiro atoms. The smallest absolute Gasteiger partial charge is 0.0708 e. The van der Waals surface area contributed by atoms with Crippen LogP contribution >= 0.6 is 11.6 Å². The van der Waals surface area contributed by atoms with Gasteiger partial charge in [-0.2, -0.15) is 0 Å². The zero-order valence-corrected chi connectivity index (χ0v) is 12.7. The maximum Gasteiger partial charge on any atom is 0.0708 e. The molecule has 3 aromatic rings. The van der Waals surface area contributed by atoms with Gasteiger partial charge in [0.2, 0.25) is 0 Å². The van der Waals surface area contributed by atoms with Crippen LogP contribution in [0.25, 0.3) is 22.0 Å². The van der Waals surface area contributed by atoms with Crippen LogP contribution in [-0.4, -0.2) is 11.5 Å². The second kappa shape index (κ2) is 6.25. The van der Waals surface area contributed by atoms with Gasteiger partial charge in [0.05, 0.1) is 5.52 Å². The van der Waals surface area contributed by atoms with Crippen LogP contribution in [0.3, 0.4) is 0 Å². The summed E-state index contributed by atoms with van der Waals surface area (Å²) in [5, 5.41) is 5.22. The first-order valence-electron chi connectivity index (χ1n) is 7.12. The van der Waals surface area contributed by atoms with Gasteiger partial charge in [-0.15, -0.1) is 0 Å². The van der Waals surface area contributed by atoms with Gasteiger partial charge in [0.1, 0.15) is 0 Å². The van der Waals surface area contributed by atoms with Gasteiger partial charge in [0.15, 0.2) is 0 Å². The summed E-state index contributed by atoms with van der Waals surface area (Å²) in [7, 11) is 0. The molecule has 1 N–H and O–H groups in total. The largest absolute Gasteiger partial charge is 0.313 e. The lowest BCUT2D eigenvalue weighted by Crippen LogP contribution is -2.11. The van der Waals surface area contributed by atoms with Crippen LogP contribution in [0.2, 0.25) is 5.02 Å². The number of fused-ring (bicyclic) bond motifs is 1. The average molecular weight is 297 g/mol. The molecule has 1 aromatic heterocycles. The van der Waals surface area contributed by atoms with Crippen molar-refractivity contribution in [2.24, 2.45) is 0 Å². The summed E-state index contributed by atoms with van der Waals surface area (Å²) in [5.74, 6) is 0. The molecule has 1 heterocycles. The van der Waals surface area contributed by atoms with Crippen LogP contribution in [0.4, 0.5) is 0 Å². The lowest BCUT2D eigenvalue weighted by atomic mass is 10.0. The third-order valence-corrected chi connectivity index (χ3v) is 3.84. The van der Waals surface area contributed by atoms with Crippen LogP contribution in [0, 0.1) is 0 Å². The maximum absolute atomic E-state index is 6.45. The van der Waals surface area contributed by atoms with E-state index >= 15 is 0 Å². The third kappa shape index (κ3) is 3.07. The molecule has 106 valence electrons. The molecular weight excluding hydrogens is 280 g/mol. The standard InChI is InChI=1S/C18H17ClN2/c1-2-20-12-13-5-8-16(17(19)10-13)15-7-6-14-4-3-9-21-18(14)11-15/h3-11,20H,2,12H2,1H3.